The Morgan fingerprint density at radius 3 is 2.11 bits per heavy atom. The van der Waals surface area contributed by atoms with Crippen molar-refractivity contribution in [3.8, 4) is 0 Å². The van der Waals surface area contributed by atoms with Gasteiger partial charge in [0, 0.05) is 7.05 Å². The molecule has 0 radical (unpaired) electrons. The van der Waals surface area contributed by atoms with Crippen molar-refractivity contribution in [2.75, 3.05) is 7.05 Å². The number of hydrogen-bond donors (Lipinski definition) is 1. The van der Waals surface area contributed by atoms with Gasteiger partial charge >= 0.3 is 12.1 Å². The van der Waals surface area contributed by atoms with Gasteiger partial charge in [-0.25, -0.2) is 4.79 Å². The minimum atomic E-state index is -1.20. The topological polar surface area (TPSA) is 83.9 Å². The Morgan fingerprint density at radius 1 is 1.28 bits per heavy atom. The number of hydrogen-bond acceptors (Lipinski definition) is 4. The van der Waals surface area contributed by atoms with Crippen LogP contribution >= 0.6 is 0 Å². The van der Waals surface area contributed by atoms with Crippen molar-refractivity contribution in [1.29, 1.82) is 0 Å². The minimum absolute atomic E-state index is 0.349. The van der Waals surface area contributed by atoms with Gasteiger partial charge in [0.1, 0.15) is 12.0 Å². The number of carboxylic acids is 1. The first kappa shape index (κ1) is 16.4. The molecule has 0 rings (SSSR count). The molecule has 0 spiro atoms. The van der Waals surface area contributed by atoms with Crippen LogP contribution in [0.1, 0.15) is 40.5 Å². The zero-order valence-electron chi connectivity index (χ0n) is 11.5. The second-order valence-corrected chi connectivity index (χ2v) is 5.05. The Morgan fingerprint density at radius 2 is 1.78 bits per heavy atom. The van der Waals surface area contributed by atoms with Crippen LogP contribution in [-0.2, 0) is 14.3 Å². The van der Waals surface area contributed by atoms with Gasteiger partial charge < -0.3 is 14.7 Å². The number of carbonyl (C=O) groups excluding carboxylic acids is 2. The van der Waals surface area contributed by atoms with Crippen LogP contribution in [0, 0.1) is 0 Å². The molecular formula is C12H21NO5. The molecule has 0 aliphatic rings. The monoisotopic (exact) mass is 259 g/mol. The lowest BCUT2D eigenvalue weighted by Crippen LogP contribution is -2.45. The van der Waals surface area contributed by atoms with Gasteiger partial charge in [-0.2, -0.15) is 0 Å². The van der Waals surface area contributed by atoms with Crippen LogP contribution in [0.25, 0.3) is 0 Å². The highest BCUT2D eigenvalue weighted by Crippen LogP contribution is 2.13. The van der Waals surface area contributed by atoms with E-state index in [-0.39, 0.29) is 0 Å². The summed E-state index contributed by atoms with van der Waals surface area (Å²) in [6.45, 7) is 6.88. The van der Waals surface area contributed by atoms with Crippen LogP contribution in [0.15, 0.2) is 0 Å². The van der Waals surface area contributed by atoms with E-state index in [2.05, 4.69) is 0 Å². The van der Waals surface area contributed by atoms with Crippen LogP contribution in [-0.4, -0.2) is 46.5 Å². The van der Waals surface area contributed by atoms with Gasteiger partial charge in [0.15, 0.2) is 5.78 Å². The van der Waals surface area contributed by atoms with E-state index in [1.807, 2.05) is 0 Å². The van der Waals surface area contributed by atoms with Crippen LogP contribution in [0.2, 0.25) is 0 Å². The molecule has 0 saturated carbocycles. The number of rotatable bonds is 5. The third-order valence-electron chi connectivity index (χ3n) is 2.23. The summed E-state index contributed by atoms with van der Waals surface area (Å²) in [5.41, 5.74) is -0.653. The summed E-state index contributed by atoms with van der Waals surface area (Å²) in [6, 6.07) is -0.768. The van der Waals surface area contributed by atoms with Crippen molar-refractivity contribution in [3.05, 3.63) is 0 Å². The maximum absolute atomic E-state index is 11.8. The van der Waals surface area contributed by atoms with E-state index in [1.165, 1.54) is 7.05 Å². The van der Waals surface area contributed by atoms with Crippen LogP contribution in [0.5, 0.6) is 0 Å². The largest absolute Gasteiger partial charge is 0.481 e. The first-order chi connectivity index (χ1) is 8.08. The quantitative estimate of drug-likeness (QED) is 0.759. The van der Waals surface area contributed by atoms with Crippen molar-refractivity contribution >= 4 is 17.8 Å². The number of carboxylic acid groups (broad SMARTS) is 1. The minimum Gasteiger partial charge on any atom is -0.481 e. The molecule has 0 aromatic rings. The first-order valence-electron chi connectivity index (χ1n) is 5.78. The fraction of sp³-hybridized carbons (Fsp3) is 0.750. The Kier molecular flexibility index (Phi) is 5.81. The normalized spacial score (nSPS) is 12.7. The van der Waals surface area contributed by atoms with Crippen molar-refractivity contribution in [2.24, 2.45) is 0 Å². The lowest BCUT2D eigenvalue weighted by Gasteiger charge is -2.29. The molecule has 104 valence electrons. The molecule has 6 nitrogen and oxygen atoms in total. The molecule has 0 fully saturated rings. The summed E-state index contributed by atoms with van der Waals surface area (Å²) >= 11 is 0. The molecule has 6 heteroatoms. The highest BCUT2D eigenvalue weighted by Gasteiger charge is 2.29. The van der Waals surface area contributed by atoms with Crippen LogP contribution < -0.4 is 0 Å². The van der Waals surface area contributed by atoms with Crippen molar-refractivity contribution in [1.82, 2.24) is 4.90 Å². The molecule has 1 atom stereocenters. The number of amides is 1. The SMILES string of the molecule is CCC(C(=O)CC(=O)O)N(C)C(=O)OC(C)(C)C. The van der Waals surface area contributed by atoms with Gasteiger partial charge in [-0.15, -0.1) is 0 Å². The number of nitrogens with zero attached hydrogens (tertiary/aromatic N) is 1. The third kappa shape index (κ3) is 5.65. The molecule has 0 aliphatic heterocycles. The highest BCUT2D eigenvalue weighted by molar-refractivity contribution is 5.98. The number of aliphatic carboxylic acids is 1. The summed E-state index contributed by atoms with van der Waals surface area (Å²) in [7, 11) is 1.43. The Hall–Kier alpha value is -1.59. The Bertz CT molecular complexity index is 332. The lowest BCUT2D eigenvalue weighted by molar-refractivity contribution is -0.141. The average molecular weight is 259 g/mol. The van der Waals surface area contributed by atoms with Gasteiger partial charge in [-0.05, 0) is 27.2 Å². The van der Waals surface area contributed by atoms with Gasteiger partial charge in [0.2, 0.25) is 0 Å². The molecule has 0 heterocycles. The first-order valence-corrected chi connectivity index (χ1v) is 5.78. The van der Waals surface area contributed by atoms with Gasteiger partial charge in [-0.3, -0.25) is 9.59 Å². The molecule has 1 N–H and O–H groups in total. The molecule has 0 aromatic carbocycles. The van der Waals surface area contributed by atoms with E-state index in [4.69, 9.17) is 9.84 Å². The predicted octanol–water partition coefficient (Wildman–Crippen LogP) is 1.68. The predicted molar refractivity (Wildman–Crippen MR) is 65.3 cm³/mol. The number of Topliss-reactive ketones (excluding diaryl/α,β-unsaturated/α-hetero) is 1. The highest BCUT2D eigenvalue weighted by atomic mass is 16.6. The summed E-state index contributed by atoms with van der Waals surface area (Å²) in [5, 5.41) is 8.58. The van der Waals surface area contributed by atoms with Gasteiger partial charge in [-0.1, -0.05) is 6.92 Å². The van der Waals surface area contributed by atoms with E-state index in [9.17, 15) is 14.4 Å². The average Bonchev–Trinajstić information content (AvgIpc) is 2.14. The second-order valence-electron chi connectivity index (χ2n) is 5.05. The van der Waals surface area contributed by atoms with E-state index in [0.29, 0.717) is 6.42 Å². The lowest BCUT2D eigenvalue weighted by atomic mass is 10.1. The summed E-state index contributed by atoms with van der Waals surface area (Å²) in [4.78, 5) is 35.1. The van der Waals surface area contributed by atoms with Crippen LogP contribution in [0.3, 0.4) is 0 Å². The van der Waals surface area contributed by atoms with E-state index >= 15 is 0 Å². The fourth-order valence-electron chi connectivity index (χ4n) is 1.45. The number of ether oxygens (including phenoxy) is 1. The molecule has 1 unspecified atom stereocenters. The number of carbonyl (C=O) groups is 3. The second kappa shape index (κ2) is 6.37. The number of ketones is 1. The van der Waals surface area contributed by atoms with Crippen molar-refractivity contribution in [3.63, 3.8) is 0 Å². The Labute approximate surface area is 107 Å². The molecule has 0 aromatic heterocycles. The zero-order chi connectivity index (χ0) is 14.5. The van der Waals surface area contributed by atoms with E-state index in [0.717, 1.165) is 4.90 Å². The maximum atomic E-state index is 11.8. The summed E-state index contributed by atoms with van der Waals surface area (Å²) < 4.78 is 5.12. The molecule has 0 saturated heterocycles. The van der Waals surface area contributed by atoms with Gasteiger partial charge in [0.25, 0.3) is 0 Å². The van der Waals surface area contributed by atoms with E-state index in [1.54, 1.807) is 27.7 Å². The Balaban J connectivity index is 4.70. The summed E-state index contributed by atoms with van der Waals surface area (Å²) in [6.07, 6.45) is -0.874. The summed E-state index contributed by atoms with van der Waals surface area (Å²) in [5.74, 6) is -1.70. The van der Waals surface area contributed by atoms with Crippen LogP contribution in [0.4, 0.5) is 4.79 Å². The molecular weight excluding hydrogens is 238 g/mol. The smallest absolute Gasteiger partial charge is 0.410 e. The van der Waals surface area contributed by atoms with Crippen molar-refractivity contribution < 1.29 is 24.2 Å². The maximum Gasteiger partial charge on any atom is 0.410 e. The molecule has 0 aliphatic carbocycles. The number of likely N-dealkylation sites (N-methyl/N-ethyl adjacent to an activating group) is 1. The molecule has 18 heavy (non-hydrogen) atoms. The zero-order valence-corrected chi connectivity index (χ0v) is 11.5. The van der Waals surface area contributed by atoms with E-state index < -0.39 is 35.9 Å². The standard InChI is InChI=1S/C12H21NO5/c1-6-8(9(14)7-10(15)16)13(5)11(17)18-12(2,3)4/h8H,6-7H2,1-5H3,(H,15,16). The third-order valence-corrected chi connectivity index (χ3v) is 2.23. The fourth-order valence-corrected chi connectivity index (χ4v) is 1.45. The van der Waals surface area contributed by atoms with Crippen molar-refractivity contribution in [2.45, 2.75) is 52.2 Å². The van der Waals surface area contributed by atoms with Gasteiger partial charge in [0.05, 0.1) is 6.04 Å². The molecule has 1 amide bonds. The molecule has 0 bridgehead atoms.